The van der Waals surface area contributed by atoms with E-state index in [1.807, 2.05) is 23.4 Å². The maximum atomic E-state index is 4.01. The van der Waals surface area contributed by atoms with E-state index in [-0.39, 0.29) is 37.2 Å². The van der Waals surface area contributed by atoms with Crippen molar-refractivity contribution in [3.8, 4) is 0 Å². The number of thiazole rings is 2. The molecule has 2 rings (SSSR count). The normalized spacial score (nSPS) is 8.50. The third kappa shape index (κ3) is 5.98. The van der Waals surface area contributed by atoms with Crippen LogP contribution in [0.15, 0.2) is 23.4 Å². The lowest BCUT2D eigenvalue weighted by Gasteiger charge is -1.98. The molecule has 0 saturated heterocycles. The summed E-state index contributed by atoms with van der Waals surface area (Å²) in [6, 6.07) is 0. The van der Waals surface area contributed by atoms with Crippen LogP contribution in [-0.4, -0.2) is 9.97 Å². The van der Waals surface area contributed by atoms with Gasteiger partial charge in [0.15, 0.2) is 0 Å². The fourth-order valence-corrected chi connectivity index (χ4v) is 2.10. The second-order valence-electron chi connectivity index (χ2n) is 2.54. The van der Waals surface area contributed by atoms with Crippen LogP contribution in [0.2, 0.25) is 0 Å². The third-order valence-corrected chi connectivity index (χ3v) is 3.12. The molecule has 0 radical (unpaired) electrons. The average Bonchev–Trinajstić information content (AvgIpc) is 2.75. The van der Waals surface area contributed by atoms with Crippen molar-refractivity contribution >= 4 is 59.9 Å². The number of nitrogens with one attached hydrogen (secondary N) is 1. The van der Waals surface area contributed by atoms with Crippen molar-refractivity contribution in [3.05, 3.63) is 33.2 Å². The van der Waals surface area contributed by atoms with Gasteiger partial charge >= 0.3 is 0 Å². The zero-order chi connectivity index (χ0) is 8.93. The minimum Gasteiger partial charge on any atom is -0.307 e. The monoisotopic (exact) mass is 319 g/mol. The van der Waals surface area contributed by atoms with Crippen molar-refractivity contribution in [1.29, 1.82) is 0 Å². The Morgan fingerprint density at radius 1 is 0.875 bits per heavy atom. The van der Waals surface area contributed by atoms with Gasteiger partial charge in [0.05, 0.1) is 11.0 Å². The van der Waals surface area contributed by atoms with E-state index in [2.05, 4.69) is 15.3 Å². The van der Waals surface area contributed by atoms with Gasteiger partial charge in [0.1, 0.15) is 0 Å². The highest BCUT2D eigenvalue weighted by atomic mass is 35.5. The second kappa shape index (κ2) is 10.3. The van der Waals surface area contributed by atoms with Crippen molar-refractivity contribution in [1.82, 2.24) is 15.3 Å². The van der Waals surface area contributed by atoms with Crippen molar-refractivity contribution in [2.45, 2.75) is 13.1 Å². The Balaban J connectivity index is 0. The van der Waals surface area contributed by atoms with Crippen LogP contribution in [0.3, 0.4) is 0 Å². The summed E-state index contributed by atoms with van der Waals surface area (Å²) >= 11 is 3.35. The number of rotatable bonds is 4. The summed E-state index contributed by atoms with van der Waals surface area (Å²) in [4.78, 5) is 10.5. The van der Waals surface area contributed by atoms with Gasteiger partial charge in [0.2, 0.25) is 0 Å². The fourth-order valence-electron chi connectivity index (χ4n) is 0.968. The molecule has 0 aromatic carbocycles. The van der Waals surface area contributed by atoms with Gasteiger partial charge in [-0.3, -0.25) is 9.97 Å². The summed E-state index contributed by atoms with van der Waals surface area (Å²) in [5, 5.41) is 3.33. The smallest absolute Gasteiger partial charge is 0.0794 e. The standard InChI is InChI=1S/C8H9N3S2.3ClH/c1(7-3-10-5-12-7)9-2-8-4-11-6-13-8;;;/h3-6,9H,1-2H2;3*1H. The van der Waals surface area contributed by atoms with E-state index >= 15 is 0 Å². The number of halogens is 3. The third-order valence-electron chi connectivity index (χ3n) is 1.57. The zero-order valence-electron chi connectivity index (χ0n) is 8.16. The fraction of sp³-hybridized carbons (Fsp3) is 0.250. The Hall–Kier alpha value is 0.0900. The molecule has 0 spiro atoms. The Bertz CT molecular complexity index is 305. The molecule has 0 aliphatic carbocycles. The van der Waals surface area contributed by atoms with Crippen LogP contribution >= 0.6 is 59.9 Å². The first-order chi connectivity index (χ1) is 6.45. The maximum absolute atomic E-state index is 4.01. The second-order valence-corrected chi connectivity index (χ2v) is 4.48. The molecule has 0 bridgehead atoms. The first kappa shape index (κ1) is 18.5. The molecule has 0 fully saturated rings. The van der Waals surface area contributed by atoms with E-state index in [0.29, 0.717) is 0 Å². The van der Waals surface area contributed by atoms with Gasteiger partial charge in [-0.2, -0.15) is 0 Å². The maximum Gasteiger partial charge on any atom is 0.0794 e. The molecule has 2 aromatic heterocycles. The molecule has 0 saturated carbocycles. The van der Waals surface area contributed by atoms with Gasteiger partial charge in [-0.15, -0.1) is 59.9 Å². The lowest BCUT2D eigenvalue weighted by atomic mass is 10.5. The number of hydrogen-bond donors (Lipinski definition) is 1. The molecule has 0 aliphatic rings. The van der Waals surface area contributed by atoms with Gasteiger partial charge in [0, 0.05) is 35.2 Å². The molecular weight excluding hydrogens is 309 g/mol. The van der Waals surface area contributed by atoms with Crippen LogP contribution < -0.4 is 5.32 Å². The molecular formula is C8H12Cl3N3S2. The summed E-state index contributed by atoms with van der Waals surface area (Å²) in [5.41, 5.74) is 3.70. The van der Waals surface area contributed by atoms with Crippen LogP contribution in [0.4, 0.5) is 0 Å². The molecule has 2 aromatic rings. The molecule has 16 heavy (non-hydrogen) atoms. The first-order valence-corrected chi connectivity index (χ1v) is 5.66. The highest BCUT2D eigenvalue weighted by molar-refractivity contribution is 7.09. The molecule has 0 amide bonds. The van der Waals surface area contributed by atoms with Gasteiger partial charge in [-0.25, -0.2) is 0 Å². The predicted molar refractivity (Wildman–Crippen MR) is 76.5 cm³/mol. The minimum absolute atomic E-state index is 0. The number of aromatic nitrogens is 2. The Labute approximate surface area is 121 Å². The molecule has 0 atom stereocenters. The van der Waals surface area contributed by atoms with E-state index in [1.54, 1.807) is 22.7 Å². The summed E-state index contributed by atoms with van der Waals surface area (Å²) in [5.74, 6) is 0. The van der Waals surface area contributed by atoms with Gasteiger partial charge in [-0.1, -0.05) is 0 Å². The highest BCUT2D eigenvalue weighted by Gasteiger charge is 1.95. The Morgan fingerprint density at radius 2 is 1.31 bits per heavy atom. The summed E-state index contributed by atoms with van der Waals surface area (Å²) in [6.45, 7) is 1.78. The van der Waals surface area contributed by atoms with Crippen molar-refractivity contribution in [3.63, 3.8) is 0 Å². The molecule has 0 unspecified atom stereocenters. The van der Waals surface area contributed by atoms with E-state index in [0.717, 1.165) is 13.1 Å². The van der Waals surface area contributed by atoms with Crippen molar-refractivity contribution in [2.75, 3.05) is 0 Å². The van der Waals surface area contributed by atoms with E-state index in [9.17, 15) is 0 Å². The molecule has 8 heteroatoms. The summed E-state index contributed by atoms with van der Waals surface area (Å²) < 4.78 is 0. The largest absolute Gasteiger partial charge is 0.307 e. The zero-order valence-corrected chi connectivity index (χ0v) is 12.2. The van der Waals surface area contributed by atoms with Crippen LogP contribution in [0, 0.1) is 0 Å². The summed E-state index contributed by atoms with van der Waals surface area (Å²) in [7, 11) is 0. The van der Waals surface area contributed by atoms with Crippen molar-refractivity contribution < 1.29 is 0 Å². The van der Waals surface area contributed by atoms with Crippen LogP contribution in [0.5, 0.6) is 0 Å². The molecule has 1 N–H and O–H groups in total. The number of hydrogen-bond acceptors (Lipinski definition) is 5. The average molecular weight is 321 g/mol. The van der Waals surface area contributed by atoms with Gasteiger partial charge in [-0.05, 0) is 0 Å². The van der Waals surface area contributed by atoms with E-state index in [4.69, 9.17) is 0 Å². The molecule has 2 heterocycles. The first-order valence-electron chi connectivity index (χ1n) is 3.90. The van der Waals surface area contributed by atoms with Crippen molar-refractivity contribution in [2.24, 2.45) is 0 Å². The SMILES string of the molecule is Cl.Cl.Cl.c1ncc(CNCc2cncs2)s1. The summed E-state index contributed by atoms with van der Waals surface area (Å²) in [6.07, 6.45) is 3.79. The van der Waals surface area contributed by atoms with Crippen LogP contribution in [-0.2, 0) is 13.1 Å². The lowest BCUT2D eigenvalue weighted by molar-refractivity contribution is 0.707. The highest BCUT2D eigenvalue weighted by Crippen LogP contribution is 2.07. The Morgan fingerprint density at radius 3 is 1.62 bits per heavy atom. The van der Waals surface area contributed by atoms with Gasteiger partial charge < -0.3 is 5.32 Å². The molecule has 3 nitrogen and oxygen atoms in total. The number of nitrogens with zero attached hydrogens (tertiary/aromatic N) is 2. The topological polar surface area (TPSA) is 37.8 Å². The van der Waals surface area contributed by atoms with E-state index < -0.39 is 0 Å². The predicted octanol–water partition coefficient (Wildman–Crippen LogP) is 3.15. The van der Waals surface area contributed by atoms with Crippen LogP contribution in [0.1, 0.15) is 9.75 Å². The van der Waals surface area contributed by atoms with Gasteiger partial charge in [0.25, 0.3) is 0 Å². The Kier molecular flexibility index (Phi) is 11.8. The van der Waals surface area contributed by atoms with E-state index in [1.165, 1.54) is 9.75 Å². The molecule has 0 aliphatic heterocycles. The molecule has 92 valence electrons. The van der Waals surface area contributed by atoms with Crippen LogP contribution in [0.25, 0.3) is 0 Å². The quantitative estimate of drug-likeness (QED) is 0.940. The minimum atomic E-state index is 0. The lowest BCUT2D eigenvalue weighted by Crippen LogP contribution is -2.10.